The van der Waals surface area contributed by atoms with Crippen LogP contribution >= 0.6 is 0 Å². The predicted octanol–water partition coefficient (Wildman–Crippen LogP) is -0.0687. The van der Waals surface area contributed by atoms with Gasteiger partial charge in [-0.15, -0.1) is 0 Å². The molecular formula is C6H7NO2. The van der Waals surface area contributed by atoms with Crippen LogP contribution < -0.4 is 0 Å². The zero-order valence-corrected chi connectivity index (χ0v) is 5.13. The number of hydrogen-bond acceptors (Lipinski definition) is 2. The van der Waals surface area contributed by atoms with E-state index >= 15 is 0 Å². The topological polar surface area (TPSA) is 37.4 Å². The molecule has 0 aromatic carbocycles. The van der Waals surface area contributed by atoms with Crippen molar-refractivity contribution >= 4 is 11.7 Å². The van der Waals surface area contributed by atoms with Crippen molar-refractivity contribution in [1.29, 1.82) is 0 Å². The molecule has 3 heteroatoms. The van der Waals surface area contributed by atoms with Gasteiger partial charge in [0.15, 0.2) is 0 Å². The molecular weight excluding hydrogens is 118 g/mol. The van der Waals surface area contributed by atoms with Gasteiger partial charge in [0.25, 0.3) is 5.91 Å². The maximum atomic E-state index is 10.7. The van der Waals surface area contributed by atoms with Crippen LogP contribution in [-0.2, 0) is 9.59 Å². The lowest BCUT2D eigenvalue weighted by Crippen LogP contribution is -2.25. The predicted molar refractivity (Wildman–Crippen MR) is 31.5 cm³/mol. The number of nitrogens with zero attached hydrogens (tertiary/aromatic N) is 1. The summed E-state index contributed by atoms with van der Waals surface area (Å²) in [7, 11) is 0. The molecule has 1 heterocycles. The van der Waals surface area contributed by atoms with E-state index in [1.807, 2.05) is 6.92 Å². The summed E-state index contributed by atoms with van der Waals surface area (Å²) >= 11 is 0. The van der Waals surface area contributed by atoms with Crippen molar-refractivity contribution in [3.05, 3.63) is 12.3 Å². The fourth-order valence-electron chi connectivity index (χ4n) is 0.687. The van der Waals surface area contributed by atoms with Gasteiger partial charge in [0.1, 0.15) is 0 Å². The fraction of sp³-hybridized carbons (Fsp3) is 0.333. The number of ketones is 1. The Morgan fingerprint density at radius 2 is 2.22 bits per heavy atom. The third-order valence-corrected chi connectivity index (χ3v) is 1.22. The third-order valence-electron chi connectivity index (χ3n) is 1.22. The van der Waals surface area contributed by atoms with Crippen LogP contribution in [0.3, 0.4) is 0 Å². The monoisotopic (exact) mass is 125 g/mol. The quantitative estimate of drug-likeness (QED) is 0.460. The number of likely N-dealkylation sites (N-methyl/N-ethyl adjacent to an activating group) is 1. The minimum Gasteiger partial charge on any atom is -0.312 e. The minimum absolute atomic E-state index is 0.419. The summed E-state index contributed by atoms with van der Waals surface area (Å²) in [6.45, 7) is 2.39. The summed E-state index contributed by atoms with van der Waals surface area (Å²) in [6.07, 6.45) is 2.79. The highest BCUT2D eigenvalue weighted by Gasteiger charge is 2.21. The van der Waals surface area contributed by atoms with E-state index < -0.39 is 11.7 Å². The number of carbonyl (C=O) groups is 2. The summed E-state index contributed by atoms with van der Waals surface area (Å²) in [4.78, 5) is 22.5. The van der Waals surface area contributed by atoms with Gasteiger partial charge in [-0.2, -0.15) is 0 Å². The average Bonchev–Trinajstić information content (AvgIpc) is 2.15. The molecule has 1 aliphatic heterocycles. The second-order valence-corrected chi connectivity index (χ2v) is 1.77. The average molecular weight is 125 g/mol. The van der Waals surface area contributed by atoms with Gasteiger partial charge in [-0.1, -0.05) is 0 Å². The highest BCUT2D eigenvalue weighted by molar-refractivity contribution is 6.42. The van der Waals surface area contributed by atoms with Gasteiger partial charge in [-0.25, -0.2) is 0 Å². The zero-order valence-electron chi connectivity index (χ0n) is 5.13. The molecule has 3 nitrogen and oxygen atoms in total. The summed E-state index contributed by atoms with van der Waals surface area (Å²) in [6, 6.07) is 0. The Morgan fingerprint density at radius 1 is 1.56 bits per heavy atom. The third kappa shape index (κ3) is 0.850. The van der Waals surface area contributed by atoms with Crippen LogP contribution in [0.4, 0.5) is 0 Å². The number of amides is 1. The normalized spacial score (nSPS) is 17.7. The maximum Gasteiger partial charge on any atom is 0.298 e. The van der Waals surface area contributed by atoms with Crippen LogP contribution in [0.15, 0.2) is 12.3 Å². The molecule has 0 aromatic heterocycles. The van der Waals surface area contributed by atoms with E-state index in [0.29, 0.717) is 6.54 Å². The Kier molecular flexibility index (Phi) is 1.34. The molecule has 0 aliphatic carbocycles. The summed E-state index contributed by atoms with van der Waals surface area (Å²) in [5.41, 5.74) is 0. The van der Waals surface area contributed by atoms with E-state index in [4.69, 9.17) is 0 Å². The Morgan fingerprint density at radius 3 is 2.44 bits per heavy atom. The number of rotatable bonds is 1. The molecule has 0 N–H and O–H groups in total. The molecule has 1 amide bonds. The zero-order chi connectivity index (χ0) is 6.85. The molecule has 1 aliphatic rings. The lowest BCUT2D eigenvalue weighted by molar-refractivity contribution is -0.138. The first-order valence-corrected chi connectivity index (χ1v) is 2.79. The summed E-state index contributed by atoms with van der Waals surface area (Å²) < 4.78 is 0. The Labute approximate surface area is 53.0 Å². The van der Waals surface area contributed by atoms with Gasteiger partial charge in [-0.05, 0) is 6.92 Å². The summed E-state index contributed by atoms with van der Waals surface area (Å²) in [5.74, 6) is -0.839. The summed E-state index contributed by atoms with van der Waals surface area (Å²) in [5, 5.41) is 0. The van der Waals surface area contributed by atoms with E-state index in [-0.39, 0.29) is 0 Å². The first-order valence-electron chi connectivity index (χ1n) is 2.79. The van der Waals surface area contributed by atoms with Gasteiger partial charge in [-0.3, -0.25) is 9.59 Å². The molecule has 0 spiro atoms. The molecule has 1 rings (SSSR count). The second-order valence-electron chi connectivity index (χ2n) is 1.77. The molecule has 9 heavy (non-hydrogen) atoms. The molecule has 48 valence electrons. The molecule has 0 aromatic rings. The Balaban J connectivity index is 2.73. The minimum atomic E-state index is -0.420. The van der Waals surface area contributed by atoms with E-state index in [0.717, 1.165) is 0 Å². The number of hydrogen-bond donors (Lipinski definition) is 0. The van der Waals surface area contributed by atoms with Crippen molar-refractivity contribution in [2.75, 3.05) is 6.54 Å². The first-order chi connectivity index (χ1) is 4.25. The van der Waals surface area contributed by atoms with Gasteiger partial charge in [0.2, 0.25) is 5.78 Å². The van der Waals surface area contributed by atoms with E-state index in [9.17, 15) is 9.59 Å². The van der Waals surface area contributed by atoms with Crippen LogP contribution in [0.25, 0.3) is 0 Å². The first kappa shape index (κ1) is 6.01. The lowest BCUT2D eigenvalue weighted by Gasteiger charge is -2.06. The van der Waals surface area contributed by atoms with Crippen molar-refractivity contribution in [1.82, 2.24) is 4.90 Å². The Bertz CT molecular complexity index is 183. The van der Waals surface area contributed by atoms with Gasteiger partial charge < -0.3 is 4.90 Å². The van der Waals surface area contributed by atoms with Crippen molar-refractivity contribution in [3.63, 3.8) is 0 Å². The molecule has 0 atom stereocenters. The highest BCUT2D eigenvalue weighted by Crippen LogP contribution is 2.00. The number of carbonyl (C=O) groups excluding carboxylic acids is 2. The van der Waals surface area contributed by atoms with E-state index in [2.05, 4.69) is 0 Å². The van der Waals surface area contributed by atoms with Gasteiger partial charge >= 0.3 is 0 Å². The van der Waals surface area contributed by atoms with Crippen LogP contribution in [-0.4, -0.2) is 23.1 Å². The smallest absolute Gasteiger partial charge is 0.298 e. The molecule has 0 saturated heterocycles. The standard InChI is InChI=1S/C6H7NO2/c1-2-7-4-3-5(8)6(7)9/h3-4H,2H2,1H3. The second kappa shape index (κ2) is 2.01. The molecule has 0 fully saturated rings. The molecule has 0 radical (unpaired) electrons. The lowest BCUT2D eigenvalue weighted by atomic mass is 10.4. The fourth-order valence-corrected chi connectivity index (χ4v) is 0.687. The Hall–Kier alpha value is -1.12. The SMILES string of the molecule is CCN1C=CC(=O)C1=O. The van der Waals surface area contributed by atoms with Crippen molar-refractivity contribution in [2.24, 2.45) is 0 Å². The van der Waals surface area contributed by atoms with E-state index in [1.165, 1.54) is 17.2 Å². The maximum absolute atomic E-state index is 10.7. The van der Waals surface area contributed by atoms with E-state index in [1.54, 1.807) is 0 Å². The van der Waals surface area contributed by atoms with Crippen molar-refractivity contribution < 1.29 is 9.59 Å². The molecule has 0 unspecified atom stereocenters. The molecule has 0 saturated carbocycles. The van der Waals surface area contributed by atoms with Crippen LogP contribution in [0, 0.1) is 0 Å². The largest absolute Gasteiger partial charge is 0.312 e. The van der Waals surface area contributed by atoms with Crippen molar-refractivity contribution in [3.8, 4) is 0 Å². The van der Waals surface area contributed by atoms with Gasteiger partial charge in [0.05, 0.1) is 0 Å². The van der Waals surface area contributed by atoms with Crippen LogP contribution in [0.1, 0.15) is 6.92 Å². The highest BCUT2D eigenvalue weighted by atomic mass is 16.2. The van der Waals surface area contributed by atoms with Crippen LogP contribution in [0.2, 0.25) is 0 Å². The van der Waals surface area contributed by atoms with Crippen LogP contribution in [0.5, 0.6) is 0 Å². The molecule has 0 bridgehead atoms. The van der Waals surface area contributed by atoms with Gasteiger partial charge in [0, 0.05) is 18.8 Å². The van der Waals surface area contributed by atoms with Crippen molar-refractivity contribution in [2.45, 2.75) is 6.92 Å².